The minimum atomic E-state index is 0.0317. The topological polar surface area (TPSA) is 65.3 Å². The predicted octanol–water partition coefficient (Wildman–Crippen LogP) is 4.66. The van der Waals surface area contributed by atoms with Gasteiger partial charge in [-0.3, -0.25) is 4.79 Å². The number of nitrogens with zero attached hydrogens (tertiary/aromatic N) is 3. The standard InChI is InChI=1S/C27H25N3O4/c31-27(30-13-3-4-23(30)20-8-11-24-25(16-20)33-15-14-32-24)19-6-9-22(10-7-19)34-18-21-17-29-12-2-1-5-26(29)28-21/h1-2,5-12,16-17,23H,3-4,13-15,18H2/t23-/m0/s1. The zero-order valence-corrected chi connectivity index (χ0v) is 18.7. The van der Waals surface area contributed by atoms with Crippen molar-refractivity contribution in [3.05, 3.63) is 89.9 Å². The first-order chi connectivity index (χ1) is 16.7. The van der Waals surface area contributed by atoms with Crippen LogP contribution in [0, 0.1) is 0 Å². The molecule has 2 aliphatic rings. The van der Waals surface area contributed by atoms with E-state index in [0.29, 0.717) is 31.1 Å². The molecule has 0 saturated carbocycles. The fourth-order valence-electron chi connectivity index (χ4n) is 4.70. The van der Waals surface area contributed by atoms with Crippen LogP contribution in [0.4, 0.5) is 0 Å². The molecule has 1 fully saturated rings. The van der Waals surface area contributed by atoms with Gasteiger partial charge >= 0.3 is 0 Å². The Morgan fingerprint density at radius 2 is 1.88 bits per heavy atom. The van der Waals surface area contributed by atoms with Crippen LogP contribution < -0.4 is 14.2 Å². The summed E-state index contributed by atoms with van der Waals surface area (Å²) < 4.78 is 19.2. The highest BCUT2D eigenvalue weighted by Gasteiger charge is 2.31. The largest absolute Gasteiger partial charge is 0.487 e. The zero-order valence-electron chi connectivity index (χ0n) is 18.7. The third-order valence-electron chi connectivity index (χ3n) is 6.37. The van der Waals surface area contributed by atoms with E-state index < -0.39 is 0 Å². The van der Waals surface area contributed by atoms with Gasteiger partial charge in [0.05, 0.1) is 11.7 Å². The molecule has 0 N–H and O–H groups in total. The first kappa shape index (κ1) is 20.6. The van der Waals surface area contributed by atoms with Crippen molar-refractivity contribution in [2.45, 2.75) is 25.5 Å². The number of rotatable bonds is 5. The summed E-state index contributed by atoms with van der Waals surface area (Å²) in [6.07, 6.45) is 5.83. The lowest BCUT2D eigenvalue weighted by molar-refractivity contribution is 0.0735. The van der Waals surface area contributed by atoms with Crippen LogP contribution in [0.1, 0.15) is 40.5 Å². The fourth-order valence-corrected chi connectivity index (χ4v) is 4.70. The van der Waals surface area contributed by atoms with Crippen LogP contribution in [0.15, 0.2) is 73.1 Å². The normalized spacial score (nSPS) is 17.2. The van der Waals surface area contributed by atoms with Crippen LogP contribution in [-0.2, 0) is 6.61 Å². The average molecular weight is 456 g/mol. The number of ether oxygens (including phenoxy) is 3. The molecule has 0 unspecified atom stereocenters. The molecule has 2 aliphatic heterocycles. The highest BCUT2D eigenvalue weighted by atomic mass is 16.6. The molecule has 34 heavy (non-hydrogen) atoms. The summed E-state index contributed by atoms with van der Waals surface area (Å²) in [5.74, 6) is 2.27. The van der Waals surface area contributed by atoms with Crippen LogP contribution in [0.25, 0.3) is 5.65 Å². The molecule has 6 rings (SSSR count). The van der Waals surface area contributed by atoms with Crippen molar-refractivity contribution in [1.82, 2.24) is 14.3 Å². The summed E-state index contributed by atoms with van der Waals surface area (Å²) >= 11 is 0. The van der Waals surface area contributed by atoms with Gasteiger partial charge < -0.3 is 23.5 Å². The van der Waals surface area contributed by atoms with E-state index in [4.69, 9.17) is 14.2 Å². The lowest BCUT2D eigenvalue weighted by Gasteiger charge is -2.27. The van der Waals surface area contributed by atoms with Gasteiger partial charge in [0.15, 0.2) is 11.5 Å². The van der Waals surface area contributed by atoms with Gasteiger partial charge in [0, 0.05) is 24.5 Å². The quantitative estimate of drug-likeness (QED) is 0.438. The second-order valence-electron chi connectivity index (χ2n) is 8.57. The van der Waals surface area contributed by atoms with Gasteiger partial charge in [-0.25, -0.2) is 4.98 Å². The zero-order chi connectivity index (χ0) is 22.9. The number of aromatic nitrogens is 2. The number of benzene rings is 2. The number of hydrogen-bond donors (Lipinski definition) is 0. The monoisotopic (exact) mass is 455 g/mol. The van der Waals surface area contributed by atoms with E-state index in [9.17, 15) is 4.79 Å². The summed E-state index contributed by atoms with van der Waals surface area (Å²) in [6, 6.07) is 19.3. The minimum Gasteiger partial charge on any atom is -0.487 e. The minimum absolute atomic E-state index is 0.0317. The number of amides is 1. The van der Waals surface area contributed by atoms with E-state index in [1.165, 1.54) is 0 Å². The van der Waals surface area contributed by atoms with Crippen molar-refractivity contribution in [2.24, 2.45) is 0 Å². The van der Waals surface area contributed by atoms with Gasteiger partial charge in [0.1, 0.15) is 31.2 Å². The summed E-state index contributed by atoms with van der Waals surface area (Å²) in [4.78, 5) is 19.8. The fraction of sp³-hybridized carbons (Fsp3) is 0.259. The molecule has 1 atom stereocenters. The Bertz CT molecular complexity index is 1300. The van der Waals surface area contributed by atoms with Crippen molar-refractivity contribution >= 4 is 11.6 Å². The number of imidazole rings is 1. The van der Waals surface area contributed by atoms with Crippen molar-refractivity contribution in [3.8, 4) is 17.2 Å². The third kappa shape index (κ3) is 3.94. The molecule has 1 amide bonds. The Kier molecular flexibility index (Phi) is 5.30. The van der Waals surface area contributed by atoms with Gasteiger partial charge in [-0.2, -0.15) is 0 Å². The van der Waals surface area contributed by atoms with Crippen LogP contribution in [-0.4, -0.2) is 40.0 Å². The van der Waals surface area contributed by atoms with Crippen molar-refractivity contribution in [3.63, 3.8) is 0 Å². The Hall–Kier alpha value is -4.00. The molecule has 2 aromatic heterocycles. The molecule has 4 heterocycles. The number of pyridine rings is 1. The first-order valence-electron chi connectivity index (χ1n) is 11.6. The molecule has 0 aliphatic carbocycles. The SMILES string of the molecule is O=C(c1ccc(OCc2cn3ccccc3n2)cc1)N1CCC[C@H]1c1ccc2c(c1)OCCO2. The highest BCUT2D eigenvalue weighted by molar-refractivity contribution is 5.94. The molecule has 4 aromatic rings. The molecule has 7 heteroatoms. The van der Waals surface area contributed by atoms with Crippen molar-refractivity contribution in [2.75, 3.05) is 19.8 Å². The van der Waals surface area contributed by atoms with Crippen molar-refractivity contribution < 1.29 is 19.0 Å². The Morgan fingerprint density at radius 3 is 2.74 bits per heavy atom. The summed E-state index contributed by atoms with van der Waals surface area (Å²) in [7, 11) is 0. The molecule has 7 nitrogen and oxygen atoms in total. The lowest BCUT2D eigenvalue weighted by atomic mass is 10.0. The molecule has 2 aromatic carbocycles. The summed E-state index contributed by atoms with van der Waals surface area (Å²) in [5, 5.41) is 0. The molecule has 172 valence electrons. The van der Waals surface area contributed by atoms with Gasteiger partial charge in [-0.15, -0.1) is 0 Å². The molecular weight excluding hydrogens is 430 g/mol. The van der Waals surface area contributed by atoms with E-state index in [1.54, 1.807) is 0 Å². The maximum absolute atomic E-state index is 13.3. The molecule has 0 bridgehead atoms. The van der Waals surface area contributed by atoms with Crippen LogP contribution >= 0.6 is 0 Å². The van der Waals surface area contributed by atoms with Crippen LogP contribution in [0.3, 0.4) is 0 Å². The lowest BCUT2D eigenvalue weighted by Crippen LogP contribution is -2.30. The van der Waals surface area contributed by atoms with E-state index in [1.807, 2.05) is 82.4 Å². The second-order valence-corrected chi connectivity index (χ2v) is 8.57. The second kappa shape index (κ2) is 8.74. The smallest absolute Gasteiger partial charge is 0.254 e. The highest BCUT2D eigenvalue weighted by Crippen LogP contribution is 2.38. The Morgan fingerprint density at radius 1 is 1.03 bits per heavy atom. The van der Waals surface area contributed by atoms with Gasteiger partial charge in [0.25, 0.3) is 5.91 Å². The maximum atomic E-state index is 13.3. The van der Waals surface area contributed by atoms with Gasteiger partial charge in [-0.1, -0.05) is 12.1 Å². The number of fused-ring (bicyclic) bond motifs is 2. The van der Waals surface area contributed by atoms with E-state index >= 15 is 0 Å². The molecule has 1 saturated heterocycles. The van der Waals surface area contributed by atoms with Gasteiger partial charge in [0.2, 0.25) is 0 Å². The van der Waals surface area contributed by atoms with E-state index in [2.05, 4.69) is 4.98 Å². The average Bonchev–Trinajstić information content (AvgIpc) is 3.54. The van der Waals surface area contributed by atoms with Crippen LogP contribution in [0.5, 0.6) is 17.2 Å². The first-order valence-corrected chi connectivity index (χ1v) is 11.6. The van der Waals surface area contributed by atoms with Crippen molar-refractivity contribution in [1.29, 1.82) is 0 Å². The van der Waals surface area contributed by atoms with E-state index in [0.717, 1.165) is 47.8 Å². The molecule has 0 spiro atoms. The van der Waals surface area contributed by atoms with E-state index in [-0.39, 0.29) is 11.9 Å². The van der Waals surface area contributed by atoms with Crippen LogP contribution in [0.2, 0.25) is 0 Å². The molecular formula is C27H25N3O4. The number of carbonyl (C=O) groups excluding carboxylic acids is 1. The Labute approximate surface area is 197 Å². The summed E-state index contributed by atoms with van der Waals surface area (Å²) in [6.45, 7) is 2.23. The number of hydrogen-bond acceptors (Lipinski definition) is 5. The Balaban J connectivity index is 1.13. The van der Waals surface area contributed by atoms with Gasteiger partial charge in [-0.05, 0) is 66.9 Å². The molecule has 0 radical (unpaired) electrons. The predicted molar refractivity (Wildman–Crippen MR) is 126 cm³/mol. The number of carbonyl (C=O) groups is 1. The maximum Gasteiger partial charge on any atom is 0.254 e. The third-order valence-corrected chi connectivity index (χ3v) is 6.37. The number of likely N-dealkylation sites (tertiary alicyclic amines) is 1. The summed E-state index contributed by atoms with van der Waals surface area (Å²) in [5.41, 5.74) is 3.48.